The standard InChI is InChI=1S/C31H40O5S2/c1-20-16-24(17-21(2)29(20)36-31(5,6)30(33)34)11-12-27(32)25-18-22(3)28(23(4)19-25)35-14-9-7-8-10-26-13-15-37-38-26/h11-12,16-19,26H,7-10,13-15H2,1-6H3,(H,33,34). The Labute approximate surface area is 235 Å². The van der Waals surface area contributed by atoms with Crippen LogP contribution in [0.25, 0.3) is 6.08 Å². The number of hydrogen-bond acceptors (Lipinski definition) is 6. The lowest BCUT2D eigenvalue weighted by Crippen LogP contribution is -2.38. The van der Waals surface area contributed by atoms with Gasteiger partial charge in [-0.3, -0.25) is 4.79 Å². The van der Waals surface area contributed by atoms with Crippen molar-refractivity contribution in [3.05, 3.63) is 63.7 Å². The van der Waals surface area contributed by atoms with Gasteiger partial charge in [-0.25, -0.2) is 4.79 Å². The van der Waals surface area contributed by atoms with Crippen LogP contribution in [0.3, 0.4) is 0 Å². The molecule has 0 amide bonds. The van der Waals surface area contributed by atoms with Gasteiger partial charge in [0.05, 0.1) is 6.61 Å². The molecule has 1 heterocycles. The van der Waals surface area contributed by atoms with E-state index in [2.05, 4.69) is 0 Å². The average Bonchev–Trinajstić information content (AvgIpc) is 3.36. The summed E-state index contributed by atoms with van der Waals surface area (Å²) in [6.45, 7) is 11.5. The SMILES string of the molecule is Cc1cc(C(=O)C=Cc2cc(C)c(OC(C)(C)C(=O)O)c(C)c2)cc(C)c1OCCCCCC1CCSS1. The zero-order chi connectivity index (χ0) is 27.9. The summed E-state index contributed by atoms with van der Waals surface area (Å²) in [6.07, 6.45) is 9.50. The van der Waals surface area contributed by atoms with Crippen LogP contribution in [0.15, 0.2) is 30.3 Å². The van der Waals surface area contributed by atoms with Gasteiger partial charge in [0.15, 0.2) is 11.4 Å². The molecule has 1 aliphatic rings. The highest BCUT2D eigenvalue weighted by atomic mass is 33.1. The van der Waals surface area contributed by atoms with Crippen molar-refractivity contribution < 1.29 is 24.2 Å². The molecule has 2 aromatic carbocycles. The highest BCUT2D eigenvalue weighted by molar-refractivity contribution is 8.77. The van der Waals surface area contributed by atoms with Gasteiger partial charge in [0.25, 0.3) is 0 Å². The van der Waals surface area contributed by atoms with Crippen LogP contribution in [0.2, 0.25) is 0 Å². The van der Waals surface area contributed by atoms with E-state index in [1.165, 1.54) is 45.3 Å². The molecule has 0 radical (unpaired) electrons. The molecule has 1 N–H and O–H groups in total. The number of carboxylic acids is 1. The Morgan fingerprint density at radius 1 is 0.974 bits per heavy atom. The minimum Gasteiger partial charge on any atom is -0.493 e. The van der Waals surface area contributed by atoms with Crippen LogP contribution in [-0.4, -0.2) is 40.1 Å². The Morgan fingerprint density at radius 3 is 2.18 bits per heavy atom. The molecule has 7 heteroatoms. The number of unbranched alkanes of at least 4 members (excludes halogenated alkanes) is 2. The number of rotatable bonds is 13. The monoisotopic (exact) mass is 556 g/mol. The first-order valence-electron chi connectivity index (χ1n) is 13.3. The van der Waals surface area contributed by atoms with Gasteiger partial charge in [-0.15, -0.1) is 0 Å². The van der Waals surface area contributed by atoms with Crippen LogP contribution in [0.1, 0.15) is 84.1 Å². The highest BCUT2D eigenvalue weighted by Gasteiger charge is 2.30. The van der Waals surface area contributed by atoms with Gasteiger partial charge in [-0.1, -0.05) is 40.5 Å². The molecular weight excluding hydrogens is 516 g/mol. The van der Waals surface area contributed by atoms with Gasteiger partial charge in [-0.2, -0.15) is 0 Å². The number of carboxylic acid groups (broad SMARTS) is 1. The van der Waals surface area contributed by atoms with E-state index in [-0.39, 0.29) is 5.78 Å². The summed E-state index contributed by atoms with van der Waals surface area (Å²) in [4.78, 5) is 24.4. The molecule has 38 heavy (non-hydrogen) atoms. The van der Waals surface area contributed by atoms with E-state index < -0.39 is 11.6 Å². The van der Waals surface area contributed by atoms with Gasteiger partial charge < -0.3 is 14.6 Å². The summed E-state index contributed by atoms with van der Waals surface area (Å²) in [5.41, 5.74) is 3.72. The number of aliphatic carboxylic acids is 1. The molecule has 1 saturated heterocycles. The molecule has 0 saturated carbocycles. The molecule has 0 bridgehead atoms. The fourth-order valence-corrected chi connectivity index (χ4v) is 7.55. The molecule has 2 aromatic rings. The summed E-state index contributed by atoms with van der Waals surface area (Å²) in [5, 5.41) is 10.2. The van der Waals surface area contributed by atoms with Crippen molar-refractivity contribution in [2.45, 2.75) is 84.5 Å². The van der Waals surface area contributed by atoms with Crippen molar-refractivity contribution in [1.82, 2.24) is 0 Å². The second kappa shape index (κ2) is 13.6. The van der Waals surface area contributed by atoms with Crippen LogP contribution in [-0.2, 0) is 4.79 Å². The zero-order valence-corrected chi connectivity index (χ0v) is 25.0. The molecule has 1 atom stereocenters. The molecule has 1 unspecified atom stereocenters. The number of benzene rings is 2. The summed E-state index contributed by atoms with van der Waals surface area (Å²) in [5.74, 6) is 1.62. The highest BCUT2D eigenvalue weighted by Crippen LogP contribution is 2.40. The average molecular weight is 557 g/mol. The first-order valence-corrected chi connectivity index (χ1v) is 15.6. The minimum atomic E-state index is -1.33. The van der Waals surface area contributed by atoms with Gasteiger partial charge >= 0.3 is 5.97 Å². The normalized spacial score (nSPS) is 15.7. The van der Waals surface area contributed by atoms with Crippen LogP contribution in [0.4, 0.5) is 0 Å². The Balaban J connectivity index is 1.58. The first-order chi connectivity index (χ1) is 18.0. The summed E-state index contributed by atoms with van der Waals surface area (Å²) < 4.78 is 11.9. The predicted octanol–water partition coefficient (Wildman–Crippen LogP) is 8.15. The molecular formula is C31H40O5S2. The molecule has 1 aliphatic heterocycles. The molecule has 1 fully saturated rings. The molecule has 206 valence electrons. The summed E-state index contributed by atoms with van der Waals surface area (Å²) >= 11 is 0. The third-order valence-electron chi connectivity index (χ3n) is 6.67. The number of allylic oxidation sites excluding steroid dienone is 1. The van der Waals surface area contributed by atoms with E-state index in [1.807, 2.05) is 73.5 Å². The van der Waals surface area contributed by atoms with Gasteiger partial charge in [0.2, 0.25) is 0 Å². The Kier molecular flexibility index (Phi) is 10.8. The maximum absolute atomic E-state index is 13.0. The van der Waals surface area contributed by atoms with Crippen molar-refractivity contribution in [2.24, 2.45) is 0 Å². The van der Waals surface area contributed by atoms with Crippen molar-refractivity contribution >= 4 is 39.4 Å². The molecule has 0 aromatic heterocycles. The Morgan fingerprint density at radius 2 is 1.61 bits per heavy atom. The number of aryl methyl sites for hydroxylation is 4. The predicted molar refractivity (Wildman–Crippen MR) is 160 cm³/mol. The van der Waals surface area contributed by atoms with Crippen molar-refractivity contribution in [2.75, 3.05) is 12.4 Å². The summed E-state index contributed by atoms with van der Waals surface area (Å²) in [7, 11) is 4.05. The van der Waals surface area contributed by atoms with Gasteiger partial charge in [0, 0.05) is 16.6 Å². The zero-order valence-electron chi connectivity index (χ0n) is 23.4. The smallest absolute Gasteiger partial charge is 0.347 e. The first kappa shape index (κ1) is 30.2. The van der Waals surface area contributed by atoms with Crippen molar-refractivity contribution in [3.8, 4) is 11.5 Å². The van der Waals surface area contributed by atoms with E-state index in [0.29, 0.717) is 17.9 Å². The van der Waals surface area contributed by atoms with E-state index in [4.69, 9.17) is 9.47 Å². The minimum absolute atomic E-state index is 0.0756. The second-order valence-corrected chi connectivity index (χ2v) is 13.4. The fraction of sp³-hybridized carbons (Fsp3) is 0.484. The van der Waals surface area contributed by atoms with Gasteiger partial charge in [0.1, 0.15) is 11.5 Å². The third-order valence-corrected chi connectivity index (χ3v) is 9.68. The van der Waals surface area contributed by atoms with E-state index in [9.17, 15) is 14.7 Å². The Hall–Kier alpha value is -2.38. The maximum Gasteiger partial charge on any atom is 0.347 e. The lowest BCUT2D eigenvalue weighted by atomic mass is 10.0. The van der Waals surface area contributed by atoms with Crippen LogP contribution >= 0.6 is 21.6 Å². The molecule has 3 rings (SSSR count). The van der Waals surface area contributed by atoms with E-state index >= 15 is 0 Å². The number of ketones is 1. The van der Waals surface area contributed by atoms with E-state index in [1.54, 1.807) is 12.2 Å². The topological polar surface area (TPSA) is 72.8 Å². The lowest BCUT2D eigenvalue weighted by molar-refractivity contribution is -0.152. The van der Waals surface area contributed by atoms with Crippen molar-refractivity contribution in [1.29, 1.82) is 0 Å². The quantitative estimate of drug-likeness (QED) is 0.115. The molecule has 0 aliphatic carbocycles. The number of ether oxygens (including phenoxy) is 2. The second-order valence-electron chi connectivity index (χ2n) is 10.6. The van der Waals surface area contributed by atoms with Gasteiger partial charge in [-0.05, 0) is 119 Å². The van der Waals surface area contributed by atoms with Crippen LogP contribution < -0.4 is 9.47 Å². The van der Waals surface area contributed by atoms with Crippen LogP contribution in [0.5, 0.6) is 11.5 Å². The molecule has 5 nitrogen and oxygen atoms in total. The van der Waals surface area contributed by atoms with Crippen LogP contribution in [0, 0.1) is 27.7 Å². The number of carbonyl (C=O) groups is 2. The lowest BCUT2D eigenvalue weighted by Gasteiger charge is -2.24. The number of hydrogen-bond donors (Lipinski definition) is 1. The Bertz CT molecular complexity index is 1130. The fourth-order valence-electron chi connectivity index (χ4n) is 4.52. The maximum atomic E-state index is 13.0. The largest absolute Gasteiger partial charge is 0.493 e. The number of carbonyl (C=O) groups excluding carboxylic acids is 1. The molecule has 0 spiro atoms. The summed E-state index contributed by atoms with van der Waals surface area (Å²) in [6, 6.07) is 7.57. The van der Waals surface area contributed by atoms with Crippen molar-refractivity contribution in [3.63, 3.8) is 0 Å². The van der Waals surface area contributed by atoms with E-state index in [0.717, 1.165) is 45.2 Å². The third kappa shape index (κ3) is 8.31.